The second-order valence-electron chi connectivity index (χ2n) is 4.91. The van der Waals surface area contributed by atoms with Crippen LogP contribution >= 0.6 is 0 Å². The van der Waals surface area contributed by atoms with E-state index in [2.05, 4.69) is 0 Å². The average Bonchev–Trinajstić information content (AvgIpc) is 2.53. The van der Waals surface area contributed by atoms with Gasteiger partial charge in [-0.2, -0.15) is 0 Å². The summed E-state index contributed by atoms with van der Waals surface area (Å²) in [6.45, 7) is 1.96. The first-order valence-corrected chi connectivity index (χ1v) is 7.01. The molecule has 0 N–H and O–H groups in total. The van der Waals surface area contributed by atoms with Gasteiger partial charge in [0.15, 0.2) is 5.43 Å². The van der Waals surface area contributed by atoms with Gasteiger partial charge >= 0.3 is 0 Å². The van der Waals surface area contributed by atoms with Crippen LogP contribution in [0.5, 0.6) is 0 Å². The van der Waals surface area contributed by atoms with Crippen molar-refractivity contribution in [3.63, 3.8) is 0 Å². The summed E-state index contributed by atoms with van der Waals surface area (Å²) < 4.78 is 5.64. The molecule has 0 aliphatic rings. The number of benzene rings is 2. The Morgan fingerprint density at radius 3 is 2.81 bits per heavy atom. The van der Waals surface area contributed by atoms with E-state index in [1.54, 1.807) is 6.26 Å². The zero-order valence-electron chi connectivity index (χ0n) is 11.9. The van der Waals surface area contributed by atoms with Crippen LogP contribution in [0.2, 0.25) is 0 Å². The molecule has 0 saturated carbocycles. The van der Waals surface area contributed by atoms with Crippen LogP contribution in [-0.2, 0) is 6.42 Å². The third-order valence-electron chi connectivity index (χ3n) is 3.52. The van der Waals surface area contributed by atoms with Crippen LogP contribution in [-0.4, -0.2) is 0 Å². The number of hydrogen-bond donors (Lipinski definition) is 0. The van der Waals surface area contributed by atoms with E-state index in [0.29, 0.717) is 23.0 Å². The molecule has 0 atom stereocenters. The molecule has 2 nitrogen and oxygen atoms in total. The fourth-order valence-electron chi connectivity index (χ4n) is 2.46. The van der Waals surface area contributed by atoms with Gasteiger partial charge in [-0.1, -0.05) is 54.6 Å². The molecule has 0 saturated heterocycles. The van der Waals surface area contributed by atoms with Crippen molar-refractivity contribution in [3.8, 4) is 0 Å². The lowest BCUT2D eigenvalue weighted by Crippen LogP contribution is -2.08. The zero-order chi connectivity index (χ0) is 14.7. The van der Waals surface area contributed by atoms with Crippen LogP contribution in [0, 0.1) is 0 Å². The molecule has 0 radical (unpaired) electrons. The molecule has 2 heteroatoms. The summed E-state index contributed by atoms with van der Waals surface area (Å²) in [5.74, 6) is 0. The van der Waals surface area contributed by atoms with E-state index >= 15 is 0 Å². The zero-order valence-corrected chi connectivity index (χ0v) is 11.9. The molecule has 0 aliphatic carbocycles. The lowest BCUT2D eigenvalue weighted by molar-refractivity contribution is 0.595. The highest BCUT2D eigenvalue weighted by molar-refractivity contribution is 6.05. The molecular formula is C19H16O2. The molecule has 0 unspecified atom stereocenters. The number of rotatable bonds is 3. The molecule has 0 amide bonds. The van der Waals surface area contributed by atoms with Crippen LogP contribution in [0.25, 0.3) is 21.7 Å². The molecule has 21 heavy (non-hydrogen) atoms. The number of fused-ring (bicyclic) bond motifs is 3. The monoisotopic (exact) mass is 276 g/mol. The van der Waals surface area contributed by atoms with Crippen LogP contribution in [0.4, 0.5) is 0 Å². The van der Waals surface area contributed by atoms with E-state index in [1.807, 2.05) is 67.6 Å². The van der Waals surface area contributed by atoms with Crippen molar-refractivity contribution in [2.45, 2.75) is 13.3 Å². The Kier molecular flexibility index (Phi) is 3.69. The predicted molar refractivity (Wildman–Crippen MR) is 87.6 cm³/mol. The van der Waals surface area contributed by atoms with Crippen molar-refractivity contribution < 1.29 is 4.42 Å². The van der Waals surface area contributed by atoms with Crippen molar-refractivity contribution in [3.05, 3.63) is 82.8 Å². The van der Waals surface area contributed by atoms with Crippen molar-refractivity contribution >= 4 is 21.7 Å². The van der Waals surface area contributed by atoms with E-state index in [4.69, 9.17) is 4.42 Å². The minimum absolute atomic E-state index is 0.0539. The van der Waals surface area contributed by atoms with Gasteiger partial charge in [0.25, 0.3) is 0 Å². The quantitative estimate of drug-likeness (QED) is 0.516. The average molecular weight is 276 g/mol. The SMILES string of the molecule is C/C=C\C=C/Cc1coc2ccc3ccccc3c2c1=O. The van der Waals surface area contributed by atoms with Crippen LogP contribution in [0.3, 0.4) is 0 Å². The van der Waals surface area contributed by atoms with Crippen molar-refractivity contribution in [1.82, 2.24) is 0 Å². The lowest BCUT2D eigenvalue weighted by Gasteiger charge is -2.04. The van der Waals surface area contributed by atoms with Crippen LogP contribution in [0.1, 0.15) is 12.5 Å². The molecule has 3 rings (SSSR count). The highest BCUT2D eigenvalue weighted by Crippen LogP contribution is 2.23. The Labute approximate surface area is 123 Å². The molecule has 0 bridgehead atoms. The molecule has 0 spiro atoms. The summed E-state index contributed by atoms with van der Waals surface area (Å²) in [6.07, 6.45) is 9.94. The molecule has 0 fully saturated rings. The first-order valence-electron chi connectivity index (χ1n) is 7.01. The summed E-state index contributed by atoms with van der Waals surface area (Å²) in [7, 11) is 0. The normalized spacial score (nSPS) is 12.0. The molecule has 1 aromatic heterocycles. The van der Waals surface area contributed by atoms with Gasteiger partial charge in [0.2, 0.25) is 0 Å². The molecule has 0 aliphatic heterocycles. The highest BCUT2D eigenvalue weighted by Gasteiger charge is 2.09. The van der Waals surface area contributed by atoms with Gasteiger partial charge in [0.1, 0.15) is 5.58 Å². The Bertz CT molecular complexity index is 898. The fraction of sp³-hybridized carbons (Fsp3) is 0.105. The number of allylic oxidation sites excluding steroid dienone is 4. The van der Waals surface area contributed by atoms with E-state index < -0.39 is 0 Å². The van der Waals surface area contributed by atoms with Crippen molar-refractivity contribution in [1.29, 1.82) is 0 Å². The predicted octanol–water partition coefficient (Wildman–Crippen LogP) is 4.62. The van der Waals surface area contributed by atoms with Gasteiger partial charge in [0.05, 0.1) is 11.6 Å². The second-order valence-corrected chi connectivity index (χ2v) is 4.91. The van der Waals surface area contributed by atoms with E-state index in [1.165, 1.54) is 0 Å². The summed E-state index contributed by atoms with van der Waals surface area (Å²) in [5, 5.41) is 2.67. The van der Waals surface area contributed by atoms with Gasteiger partial charge in [-0.25, -0.2) is 0 Å². The summed E-state index contributed by atoms with van der Waals surface area (Å²) >= 11 is 0. The molecule has 3 aromatic rings. The van der Waals surface area contributed by atoms with Gasteiger partial charge in [0, 0.05) is 5.56 Å². The third-order valence-corrected chi connectivity index (χ3v) is 3.52. The fourth-order valence-corrected chi connectivity index (χ4v) is 2.46. The van der Waals surface area contributed by atoms with Gasteiger partial charge in [-0.3, -0.25) is 4.79 Å². The Morgan fingerprint density at radius 2 is 1.95 bits per heavy atom. The topological polar surface area (TPSA) is 30.2 Å². The maximum absolute atomic E-state index is 12.7. The van der Waals surface area contributed by atoms with Gasteiger partial charge in [-0.15, -0.1) is 0 Å². The molecular weight excluding hydrogens is 260 g/mol. The van der Waals surface area contributed by atoms with E-state index in [9.17, 15) is 4.79 Å². The summed E-state index contributed by atoms with van der Waals surface area (Å²) in [6, 6.07) is 11.7. The third kappa shape index (κ3) is 2.52. The van der Waals surface area contributed by atoms with Crippen LogP contribution < -0.4 is 5.43 Å². The van der Waals surface area contributed by atoms with Gasteiger partial charge < -0.3 is 4.42 Å². The molecule has 104 valence electrons. The van der Waals surface area contributed by atoms with Crippen molar-refractivity contribution in [2.24, 2.45) is 0 Å². The standard InChI is InChI=1S/C19H16O2/c1-2-3-4-5-9-15-13-21-17-12-11-14-8-6-7-10-16(14)18(17)19(15)20/h2-8,10-13H,9H2,1H3/b3-2-,5-4-. The van der Waals surface area contributed by atoms with Gasteiger partial charge in [-0.05, 0) is 30.2 Å². The smallest absolute Gasteiger partial charge is 0.196 e. The van der Waals surface area contributed by atoms with E-state index in [-0.39, 0.29) is 5.43 Å². The van der Waals surface area contributed by atoms with E-state index in [0.717, 1.165) is 10.8 Å². The molecule has 1 heterocycles. The minimum atomic E-state index is 0.0539. The summed E-state index contributed by atoms with van der Waals surface area (Å²) in [4.78, 5) is 12.7. The van der Waals surface area contributed by atoms with Crippen LogP contribution in [0.15, 0.2) is 76.2 Å². The maximum Gasteiger partial charge on any atom is 0.196 e. The Balaban J connectivity index is 2.19. The first kappa shape index (κ1) is 13.4. The number of hydrogen-bond acceptors (Lipinski definition) is 2. The molecule has 2 aromatic carbocycles. The second kappa shape index (κ2) is 5.80. The van der Waals surface area contributed by atoms with Crippen molar-refractivity contribution in [2.75, 3.05) is 0 Å². The maximum atomic E-state index is 12.7. The highest BCUT2D eigenvalue weighted by atomic mass is 16.3. The first-order chi connectivity index (χ1) is 10.3. The lowest BCUT2D eigenvalue weighted by atomic mass is 10.0. The Hall–Kier alpha value is -2.61. The Morgan fingerprint density at radius 1 is 1.10 bits per heavy atom. The minimum Gasteiger partial charge on any atom is -0.464 e. The largest absolute Gasteiger partial charge is 0.464 e. The summed E-state index contributed by atoms with van der Waals surface area (Å²) in [5.41, 5.74) is 1.37.